The van der Waals surface area contributed by atoms with Crippen molar-refractivity contribution in [1.82, 2.24) is 9.78 Å². The van der Waals surface area contributed by atoms with Gasteiger partial charge in [-0.3, -0.25) is 4.79 Å². The van der Waals surface area contributed by atoms with E-state index in [1.54, 1.807) is 6.92 Å². The zero-order valence-corrected chi connectivity index (χ0v) is 9.79. The summed E-state index contributed by atoms with van der Waals surface area (Å²) in [6, 6.07) is 0. The highest BCUT2D eigenvalue weighted by molar-refractivity contribution is 14.1. The summed E-state index contributed by atoms with van der Waals surface area (Å²) in [5.74, 6) is -0.531. The van der Waals surface area contributed by atoms with Crippen LogP contribution in [0.15, 0.2) is 0 Å². The van der Waals surface area contributed by atoms with E-state index in [-0.39, 0.29) is 19.0 Å². The van der Waals surface area contributed by atoms with Crippen LogP contribution in [0.25, 0.3) is 0 Å². The van der Waals surface area contributed by atoms with Crippen molar-refractivity contribution in [3.63, 3.8) is 0 Å². The number of hydrogen-bond donors (Lipinski definition) is 2. The Morgan fingerprint density at radius 2 is 2.31 bits per heavy atom. The van der Waals surface area contributed by atoms with Crippen LogP contribution in [0, 0.1) is 10.5 Å². The molecule has 0 fully saturated rings. The highest BCUT2D eigenvalue weighted by Crippen LogP contribution is 2.17. The van der Waals surface area contributed by atoms with E-state index in [1.807, 2.05) is 22.6 Å². The lowest BCUT2D eigenvalue weighted by Crippen LogP contribution is -2.12. The third kappa shape index (κ3) is 2.73. The quantitative estimate of drug-likeness (QED) is 0.794. The first-order valence-electron chi connectivity index (χ1n) is 3.22. The Labute approximate surface area is 94.8 Å². The summed E-state index contributed by atoms with van der Waals surface area (Å²) in [5, 5.41) is 12.4. The Hall–Kier alpha value is -0.500. The number of nitrogens with two attached hydrogens (primary N) is 1. The van der Waals surface area contributed by atoms with Crippen LogP contribution in [-0.2, 0) is 11.3 Å². The van der Waals surface area contributed by atoms with Crippen molar-refractivity contribution in [1.29, 1.82) is 0 Å². The number of aryl methyl sites for hydroxylation is 1. The average molecular weight is 318 g/mol. The molecule has 74 valence electrons. The van der Waals surface area contributed by atoms with Gasteiger partial charge >= 0.3 is 5.97 Å². The summed E-state index contributed by atoms with van der Waals surface area (Å²) in [6.45, 7) is 1.60. The van der Waals surface area contributed by atoms with Gasteiger partial charge in [-0.25, -0.2) is 4.68 Å². The van der Waals surface area contributed by atoms with Crippen LogP contribution in [-0.4, -0.2) is 20.9 Å². The largest absolute Gasteiger partial charge is 0.480 e. The van der Waals surface area contributed by atoms with E-state index in [9.17, 15) is 4.79 Å². The topological polar surface area (TPSA) is 81.1 Å². The van der Waals surface area contributed by atoms with Gasteiger partial charge in [0, 0.05) is 0 Å². The Balaban J connectivity index is 0.00000144. The van der Waals surface area contributed by atoms with Crippen molar-refractivity contribution in [2.24, 2.45) is 0 Å². The maximum absolute atomic E-state index is 10.3. The van der Waals surface area contributed by atoms with Crippen LogP contribution >= 0.6 is 35.0 Å². The maximum Gasteiger partial charge on any atom is 0.325 e. The van der Waals surface area contributed by atoms with Crippen molar-refractivity contribution >= 4 is 46.8 Å². The summed E-state index contributed by atoms with van der Waals surface area (Å²) >= 11 is 2.04. The Morgan fingerprint density at radius 1 is 1.77 bits per heavy atom. The van der Waals surface area contributed by atoms with Gasteiger partial charge in [-0.05, 0) is 29.5 Å². The molecule has 0 aliphatic rings. The molecule has 1 heterocycles. The highest BCUT2D eigenvalue weighted by atomic mass is 127. The lowest BCUT2D eigenvalue weighted by Gasteiger charge is -1.97. The van der Waals surface area contributed by atoms with E-state index >= 15 is 0 Å². The Kier molecular flexibility index (Phi) is 4.48. The molecule has 1 aromatic heterocycles. The van der Waals surface area contributed by atoms with Crippen molar-refractivity contribution in [3.05, 3.63) is 9.26 Å². The molecule has 7 heteroatoms. The Bertz CT molecular complexity index is 326. The first-order chi connectivity index (χ1) is 5.52. The molecular weight excluding hydrogens is 308 g/mol. The zero-order chi connectivity index (χ0) is 9.30. The number of halogens is 2. The number of hydrogen-bond acceptors (Lipinski definition) is 3. The van der Waals surface area contributed by atoms with Gasteiger partial charge in [-0.2, -0.15) is 5.10 Å². The summed E-state index contributed by atoms with van der Waals surface area (Å²) < 4.78 is 2.09. The van der Waals surface area contributed by atoms with Crippen LogP contribution < -0.4 is 5.73 Å². The van der Waals surface area contributed by atoms with Crippen LogP contribution in [0.3, 0.4) is 0 Å². The van der Waals surface area contributed by atoms with Crippen LogP contribution in [0.5, 0.6) is 0 Å². The van der Waals surface area contributed by atoms with Crippen molar-refractivity contribution < 1.29 is 9.90 Å². The molecule has 1 aromatic rings. The molecular formula is C6H9ClIN3O2. The minimum Gasteiger partial charge on any atom is -0.480 e. The smallest absolute Gasteiger partial charge is 0.325 e. The van der Waals surface area contributed by atoms with Gasteiger partial charge in [0.15, 0.2) is 0 Å². The number of rotatable bonds is 2. The number of carbonyl (C=O) groups is 1. The molecule has 0 amide bonds. The van der Waals surface area contributed by atoms with Gasteiger partial charge in [-0.15, -0.1) is 12.4 Å². The van der Waals surface area contributed by atoms with Gasteiger partial charge in [0.2, 0.25) is 0 Å². The summed E-state index contributed by atoms with van der Waals surface area (Å²) in [5.41, 5.74) is 6.34. The van der Waals surface area contributed by atoms with E-state index < -0.39 is 5.97 Å². The first-order valence-corrected chi connectivity index (χ1v) is 4.30. The van der Waals surface area contributed by atoms with E-state index in [2.05, 4.69) is 5.10 Å². The molecule has 0 aliphatic heterocycles. The fourth-order valence-corrected chi connectivity index (χ4v) is 1.21. The lowest BCUT2D eigenvalue weighted by molar-refractivity contribution is -0.137. The summed E-state index contributed by atoms with van der Waals surface area (Å²) in [4.78, 5) is 10.3. The molecule has 3 N–H and O–H groups in total. The normalized spacial score (nSPS) is 9.38. The summed E-state index contributed by atoms with van der Waals surface area (Å²) in [6.07, 6.45) is 0. The van der Waals surface area contributed by atoms with E-state index in [0.29, 0.717) is 5.82 Å². The fourth-order valence-electron chi connectivity index (χ4n) is 0.826. The third-order valence-electron chi connectivity index (χ3n) is 1.38. The molecule has 0 radical (unpaired) electrons. The maximum atomic E-state index is 10.3. The first kappa shape index (κ1) is 12.5. The monoisotopic (exact) mass is 317 g/mol. The van der Waals surface area contributed by atoms with E-state index in [0.717, 1.165) is 9.26 Å². The Morgan fingerprint density at radius 3 is 2.62 bits per heavy atom. The number of nitrogens with zero attached hydrogens (tertiary/aromatic N) is 2. The third-order valence-corrected chi connectivity index (χ3v) is 2.71. The second-order valence-electron chi connectivity index (χ2n) is 2.34. The lowest BCUT2D eigenvalue weighted by atomic mass is 10.5. The van der Waals surface area contributed by atoms with Gasteiger partial charge in [-0.1, -0.05) is 0 Å². The molecule has 0 aliphatic carbocycles. The zero-order valence-electron chi connectivity index (χ0n) is 6.82. The molecule has 0 unspecified atom stereocenters. The SMILES string of the molecule is Cc1nn(CC(=O)O)c(N)c1I.Cl. The molecule has 1 rings (SSSR count). The minimum absolute atomic E-state index is 0. The fraction of sp³-hybridized carbons (Fsp3) is 0.333. The van der Waals surface area contributed by atoms with Crippen LogP contribution in [0.2, 0.25) is 0 Å². The van der Waals surface area contributed by atoms with E-state index in [1.165, 1.54) is 4.68 Å². The van der Waals surface area contributed by atoms with Crippen LogP contribution in [0.1, 0.15) is 5.69 Å². The number of aromatic nitrogens is 2. The molecule has 5 nitrogen and oxygen atoms in total. The molecule has 0 atom stereocenters. The molecule has 0 spiro atoms. The predicted molar refractivity (Wildman–Crippen MR) is 59.0 cm³/mol. The molecule has 0 saturated carbocycles. The number of carboxylic acids is 1. The minimum atomic E-state index is -0.944. The number of nitrogen functional groups attached to an aromatic ring is 1. The molecule has 0 bridgehead atoms. The molecule has 13 heavy (non-hydrogen) atoms. The second-order valence-corrected chi connectivity index (χ2v) is 3.41. The van der Waals surface area contributed by atoms with Crippen molar-refractivity contribution in [3.8, 4) is 0 Å². The van der Waals surface area contributed by atoms with E-state index in [4.69, 9.17) is 10.8 Å². The van der Waals surface area contributed by atoms with Crippen LogP contribution in [0.4, 0.5) is 5.82 Å². The number of anilines is 1. The van der Waals surface area contributed by atoms with Crippen molar-refractivity contribution in [2.45, 2.75) is 13.5 Å². The molecule has 0 saturated heterocycles. The van der Waals surface area contributed by atoms with Gasteiger partial charge < -0.3 is 10.8 Å². The van der Waals surface area contributed by atoms with Gasteiger partial charge in [0.25, 0.3) is 0 Å². The summed E-state index contributed by atoms with van der Waals surface area (Å²) in [7, 11) is 0. The standard InChI is InChI=1S/C6H8IN3O2.ClH/c1-3-5(7)6(8)10(9-3)2-4(11)12;/h2,8H2,1H3,(H,11,12);1H. The average Bonchev–Trinajstić information content (AvgIpc) is 2.17. The highest BCUT2D eigenvalue weighted by Gasteiger charge is 2.11. The predicted octanol–water partition coefficient (Wildman–Crippen LogP) is 0.885. The molecule has 0 aromatic carbocycles. The number of carboxylic acid groups (broad SMARTS) is 1. The number of aliphatic carboxylic acids is 1. The van der Waals surface area contributed by atoms with Gasteiger partial charge in [0.05, 0.1) is 9.26 Å². The second kappa shape index (κ2) is 4.66. The van der Waals surface area contributed by atoms with Gasteiger partial charge in [0.1, 0.15) is 12.4 Å². The van der Waals surface area contributed by atoms with Crippen molar-refractivity contribution in [2.75, 3.05) is 5.73 Å².